The van der Waals surface area contributed by atoms with Crippen molar-refractivity contribution < 1.29 is 9.90 Å². The molecule has 0 bridgehead atoms. The van der Waals surface area contributed by atoms with E-state index in [0.717, 1.165) is 12.8 Å². The highest BCUT2D eigenvalue weighted by Crippen LogP contribution is 2.45. The largest absolute Gasteiger partial charge is 0.388 e. The minimum atomic E-state index is -0.712. The molecule has 1 saturated heterocycles. The van der Waals surface area contributed by atoms with Gasteiger partial charge in [-0.3, -0.25) is 4.79 Å². The molecule has 19 heavy (non-hydrogen) atoms. The predicted molar refractivity (Wildman–Crippen MR) is 75.5 cm³/mol. The van der Waals surface area contributed by atoms with Gasteiger partial charge in [0.2, 0.25) is 5.91 Å². The maximum atomic E-state index is 12.7. The van der Waals surface area contributed by atoms with Gasteiger partial charge < -0.3 is 15.7 Å². The third-order valence-corrected chi connectivity index (χ3v) is 5.56. The van der Waals surface area contributed by atoms with Crippen LogP contribution in [0.4, 0.5) is 0 Å². The molecule has 4 heteroatoms. The molecule has 110 valence electrons. The van der Waals surface area contributed by atoms with Crippen LogP contribution in [-0.4, -0.2) is 40.6 Å². The first-order valence-corrected chi connectivity index (χ1v) is 7.42. The zero-order chi connectivity index (χ0) is 14.4. The molecule has 0 radical (unpaired) electrons. The monoisotopic (exact) mass is 268 g/mol. The van der Waals surface area contributed by atoms with E-state index < -0.39 is 5.60 Å². The molecule has 0 aromatic carbocycles. The van der Waals surface area contributed by atoms with E-state index in [9.17, 15) is 9.90 Å². The molecule has 0 spiro atoms. The number of rotatable bonds is 1. The van der Waals surface area contributed by atoms with Crippen LogP contribution < -0.4 is 5.73 Å². The van der Waals surface area contributed by atoms with Gasteiger partial charge in [-0.15, -0.1) is 0 Å². The highest BCUT2D eigenvalue weighted by Gasteiger charge is 2.47. The standard InChI is InChI=1S/C15H28N2O2/c1-10-12(16)6-5-11(14(10,2)3)13(18)17-8-7-15(4,19)9-17/h10-12,19H,5-9,16H2,1-4H3. The maximum absolute atomic E-state index is 12.7. The van der Waals surface area contributed by atoms with Gasteiger partial charge in [0.15, 0.2) is 0 Å². The molecule has 4 atom stereocenters. The minimum absolute atomic E-state index is 0.0381. The molecule has 2 fully saturated rings. The predicted octanol–water partition coefficient (Wildman–Crippen LogP) is 1.37. The lowest BCUT2D eigenvalue weighted by molar-refractivity contribution is -0.143. The third kappa shape index (κ3) is 2.65. The average Bonchev–Trinajstić information content (AvgIpc) is 2.66. The van der Waals surface area contributed by atoms with Crippen molar-refractivity contribution >= 4 is 5.91 Å². The first kappa shape index (κ1) is 14.8. The Bertz CT molecular complexity index is 365. The van der Waals surface area contributed by atoms with Gasteiger partial charge in [-0.25, -0.2) is 0 Å². The van der Waals surface area contributed by atoms with Crippen molar-refractivity contribution in [1.82, 2.24) is 4.90 Å². The van der Waals surface area contributed by atoms with Crippen LogP contribution in [0, 0.1) is 17.3 Å². The molecule has 0 aromatic rings. The number of hydrogen-bond donors (Lipinski definition) is 2. The van der Waals surface area contributed by atoms with Crippen LogP contribution in [0.15, 0.2) is 0 Å². The summed E-state index contributed by atoms with van der Waals surface area (Å²) in [7, 11) is 0. The summed E-state index contributed by atoms with van der Waals surface area (Å²) in [6.45, 7) is 9.44. The summed E-state index contributed by atoms with van der Waals surface area (Å²) < 4.78 is 0. The number of β-amino-alcohol motifs (C(OH)–C–C–N with tert-alkyl or cyclic N) is 1. The summed E-state index contributed by atoms with van der Waals surface area (Å²) in [4.78, 5) is 14.6. The molecule has 1 aliphatic heterocycles. The van der Waals surface area contributed by atoms with Crippen molar-refractivity contribution in [2.75, 3.05) is 13.1 Å². The number of nitrogens with zero attached hydrogens (tertiary/aromatic N) is 1. The molecule has 4 nitrogen and oxygen atoms in total. The number of carbonyl (C=O) groups excluding carboxylic acids is 1. The third-order valence-electron chi connectivity index (χ3n) is 5.56. The van der Waals surface area contributed by atoms with Crippen molar-refractivity contribution in [3.8, 4) is 0 Å². The number of nitrogens with two attached hydrogens (primary N) is 1. The van der Waals surface area contributed by atoms with E-state index in [1.54, 1.807) is 0 Å². The van der Waals surface area contributed by atoms with Crippen LogP contribution in [0.5, 0.6) is 0 Å². The smallest absolute Gasteiger partial charge is 0.226 e. The lowest BCUT2D eigenvalue weighted by Crippen LogP contribution is -2.52. The van der Waals surface area contributed by atoms with E-state index in [4.69, 9.17) is 5.73 Å². The highest BCUT2D eigenvalue weighted by atomic mass is 16.3. The molecule has 2 aliphatic rings. The van der Waals surface area contributed by atoms with Crippen molar-refractivity contribution in [2.45, 2.75) is 58.6 Å². The topological polar surface area (TPSA) is 66.6 Å². The van der Waals surface area contributed by atoms with Gasteiger partial charge in [-0.1, -0.05) is 20.8 Å². The quantitative estimate of drug-likeness (QED) is 0.755. The van der Waals surface area contributed by atoms with E-state index in [0.29, 0.717) is 25.4 Å². The van der Waals surface area contributed by atoms with Crippen molar-refractivity contribution in [3.05, 3.63) is 0 Å². The van der Waals surface area contributed by atoms with Gasteiger partial charge >= 0.3 is 0 Å². The Morgan fingerprint density at radius 1 is 1.32 bits per heavy atom. The number of hydrogen-bond acceptors (Lipinski definition) is 3. The maximum Gasteiger partial charge on any atom is 0.226 e. The van der Waals surface area contributed by atoms with E-state index >= 15 is 0 Å². The van der Waals surface area contributed by atoms with Gasteiger partial charge in [-0.05, 0) is 37.5 Å². The number of likely N-dealkylation sites (tertiary alicyclic amines) is 1. The van der Waals surface area contributed by atoms with Gasteiger partial charge in [0, 0.05) is 25.0 Å². The zero-order valence-electron chi connectivity index (χ0n) is 12.6. The summed E-state index contributed by atoms with van der Waals surface area (Å²) in [5, 5.41) is 10.0. The summed E-state index contributed by atoms with van der Waals surface area (Å²) in [6.07, 6.45) is 2.47. The Balaban J connectivity index is 2.11. The molecule has 4 unspecified atom stereocenters. The summed E-state index contributed by atoms with van der Waals surface area (Å²) >= 11 is 0. The lowest BCUT2D eigenvalue weighted by Gasteiger charge is -2.47. The number of amides is 1. The molecular weight excluding hydrogens is 240 g/mol. The Kier molecular flexibility index (Phi) is 3.69. The Morgan fingerprint density at radius 3 is 2.47 bits per heavy atom. The fourth-order valence-corrected chi connectivity index (χ4v) is 3.65. The Labute approximate surface area is 116 Å². The van der Waals surface area contributed by atoms with Crippen LogP contribution in [0.2, 0.25) is 0 Å². The van der Waals surface area contributed by atoms with Gasteiger partial charge in [-0.2, -0.15) is 0 Å². The minimum Gasteiger partial charge on any atom is -0.388 e. The molecule has 3 N–H and O–H groups in total. The number of carbonyl (C=O) groups is 1. The van der Waals surface area contributed by atoms with Crippen LogP contribution >= 0.6 is 0 Å². The van der Waals surface area contributed by atoms with Crippen LogP contribution in [0.25, 0.3) is 0 Å². The molecule has 2 rings (SSSR count). The van der Waals surface area contributed by atoms with Crippen molar-refractivity contribution in [1.29, 1.82) is 0 Å². The average molecular weight is 268 g/mol. The molecule has 1 aliphatic carbocycles. The van der Waals surface area contributed by atoms with E-state index in [2.05, 4.69) is 20.8 Å². The molecule has 1 heterocycles. The molecule has 0 aromatic heterocycles. The Morgan fingerprint density at radius 2 is 1.95 bits per heavy atom. The SMILES string of the molecule is CC1C(N)CCC(C(=O)N2CCC(C)(O)C2)C1(C)C. The second-order valence-corrected chi connectivity index (χ2v) is 7.41. The van der Waals surface area contributed by atoms with Gasteiger partial charge in [0.05, 0.1) is 5.60 Å². The fourth-order valence-electron chi connectivity index (χ4n) is 3.65. The van der Waals surface area contributed by atoms with Gasteiger partial charge in [0.25, 0.3) is 0 Å². The first-order valence-electron chi connectivity index (χ1n) is 7.42. The van der Waals surface area contributed by atoms with Gasteiger partial charge in [0.1, 0.15) is 0 Å². The van der Waals surface area contributed by atoms with E-state index in [-0.39, 0.29) is 23.3 Å². The van der Waals surface area contributed by atoms with E-state index in [1.165, 1.54) is 0 Å². The van der Waals surface area contributed by atoms with E-state index in [1.807, 2.05) is 11.8 Å². The number of aliphatic hydroxyl groups is 1. The van der Waals surface area contributed by atoms with Crippen molar-refractivity contribution in [2.24, 2.45) is 23.0 Å². The fraction of sp³-hybridized carbons (Fsp3) is 0.933. The second-order valence-electron chi connectivity index (χ2n) is 7.41. The zero-order valence-corrected chi connectivity index (χ0v) is 12.6. The summed E-state index contributed by atoms with van der Waals surface area (Å²) in [5.41, 5.74) is 5.37. The van der Waals surface area contributed by atoms with Crippen LogP contribution in [-0.2, 0) is 4.79 Å². The van der Waals surface area contributed by atoms with Crippen molar-refractivity contribution in [3.63, 3.8) is 0 Å². The normalized spacial score (nSPS) is 42.4. The summed E-state index contributed by atoms with van der Waals surface area (Å²) in [5.74, 6) is 0.594. The van der Waals surface area contributed by atoms with Crippen LogP contribution in [0.1, 0.15) is 47.0 Å². The molecular formula is C15H28N2O2. The first-order chi connectivity index (χ1) is 8.65. The second kappa shape index (κ2) is 4.74. The Hall–Kier alpha value is -0.610. The molecule has 1 amide bonds. The lowest BCUT2D eigenvalue weighted by atomic mass is 9.60. The molecule has 1 saturated carbocycles. The highest BCUT2D eigenvalue weighted by molar-refractivity contribution is 5.80. The summed E-state index contributed by atoms with van der Waals surface area (Å²) in [6, 6.07) is 0.195. The van der Waals surface area contributed by atoms with Crippen LogP contribution in [0.3, 0.4) is 0 Å².